The van der Waals surface area contributed by atoms with Crippen molar-refractivity contribution in [3.8, 4) is 22.4 Å². The molecule has 4 fully saturated rings. The van der Waals surface area contributed by atoms with Gasteiger partial charge in [0.15, 0.2) is 0 Å². The van der Waals surface area contributed by atoms with Gasteiger partial charge in [-0.1, -0.05) is 43.2 Å². The number of benzene rings is 2. The van der Waals surface area contributed by atoms with E-state index in [1.807, 2.05) is 22.1 Å². The van der Waals surface area contributed by atoms with Crippen LogP contribution >= 0.6 is 0 Å². The summed E-state index contributed by atoms with van der Waals surface area (Å²) in [4.78, 5) is 71.8. The van der Waals surface area contributed by atoms with E-state index in [2.05, 4.69) is 57.0 Å². The van der Waals surface area contributed by atoms with Gasteiger partial charge < -0.3 is 39.9 Å². The van der Waals surface area contributed by atoms with E-state index >= 15 is 0 Å². The molecule has 14 heteroatoms. The molecule has 2 saturated heterocycles. The number of rotatable bonds is 8. The van der Waals surface area contributed by atoms with Crippen LogP contribution in [-0.2, 0) is 19.1 Å². The second kappa shape index (κ2) is 15.2. The molecule has 6 atom stereocenters. The lowest BCUT2D eigenvalue weighted by atomic mass is 10.0. The second-order valence-corrected chi connectivity index (χ2v) is 15.1. The third-order valence-corrected chi connectivity index (χ3v) is 12.0. The standard InChI is InChI=1S/C40H48N8O6/c1-53-39(51)45-28-9-3-7-26(28)37(49)47-19-5-11-33(47)35-41-22-32(44-35)24-15-13-23(14-16-24)25-17-18-30-31(21-25)43-36(42-30)34-12-6-20-48(34)38(50)27-8-4-10-29(27)46-40(52)54-2/h13-18,21-22,26-29,33-34H,3-12,19-20H2,1-2H3,(H,41,44)(H,42,43)(H,45,51)(H,46,52)/t26-,27-,28-,29-,33-,34-/m0/s1. The monoisotopic (exact) mass is 736 g/mol. The largest absolute Gasteiger partial charge is 0.453 e. The Morgan fingerprint density at radius 1 is 0.667 bits per heavy atom. The summed E-state index contributed by atoms with van der Waals surface area (Å²) >= 11 is 0. The van der Waals surface area contributed by atoms with Crippen LogP contribution < -0.4 is 10.6 Å². The Bertz CT molecular complexity index is 2030. The molecule has 284 valence electrons. The number of fused-ring (bicyclic) bond motifs is 1. The van der Waals surface area contributed by atoms with Gasteiger partial charge in [-0.05, 0) is 80.2 Å². The lowest BCUT2D eigenvalue weighted by Gasteiger charge is -2.29. The van der Waals surface area contributed by atoms with E-state index in [4.69, 9.17) is 19.4 Å². The van der Waals surface area contributed by atoms with E-state index in [9.17, 15) is 19.2 Å². The van der Waals surface area contributed by atoms with Gasteiger partial charge in [-0.2, -0.15) is 0 Å². The smallest absolute Gasteiger partial charge is 0.407 e. The zero-order valence-electron chi connectivity index (χ0n) is 30.8. The van der Waals surface area contributed by atoms with Gasteiger partial charge in [0.05, 0.1) is 61.1 Å². The molecule has 4 heterocycles. The van der Waals surface area contributed by atoms with Crippen molar-refractivity contribution in [1.29, 1.82) is 0 Å². The summed E-state index contributed by atoms with van der Waals surface area (Å²) in [6, 6.07) is 13.8. The summed E-state index contributed by atoms with van der Waals surface area (Å²) < 4.78 is 9.58. The molecule has 0 bridgehead atoms. The number of likely N-dealkylation sites (tertiary alicyclic amines) is 2. The first-order valence-electron chi connectivity index (χ1n) is 19.3. The first kappa shape index (κ1) is 35.6. The molecular weight excluding hydrogens is 688 g/mol. The van der Waals surface area contributed by atoms with Crippen LogP contribution in [0.15, 0.2) is 48.7 Å². The molecule has 2 aliphatic carbocycles. The minimum atomic E-state index is -0.498. The fourth-order valence-corrected chi connectivity index (χ4v) is 9.19. The number of nitrogens with zero attached hydrogens (tertiary/aromatic N) is 4. The van der Waals surface area contributed by atoms with Crippen molar-refractivity contribution < 1.29 is 28.7 Å². The summed E-state index contributed by atoms with van der Waals surface area (Å²) in [5, 5.41) is 5.72. The molecule has 4 N–H and O–H groups in total. The van der Waals surface area contributed by atoms with Crippen LogP contribution in [0.2, 0.25) is 0 Å². The van der Waals surface area contributed by atoms with E-state index in [0.29, 0.717) is 13.1 Å². The quantitative estimate of drug-likeness (QED) is 0.171. The third kappa shape index (κ3) is 6.89. The molecule has 0 radical (unpaired) electrons. The number of H-pyrrole nitrogens is 2. The van der Waals surface area contributed by atoms with Crippen LogP contribution in [0.4, 0.5) is 9.59 Å². The fourth-order valence-electron chi connectivity index (χ4n) is 9.19. The highest BCUT2D eigenvalue weighted by Gasteiger charge is 2.42. The molecule has 0 unspecified atom stereocenters. The zero-order valence-corrected chi connectivity index (χ0v) is 30.8. The van der Waals surface area contributed by atoms with Gasteiger partial charge in [-0.15, -0.1) is 0 Å². The number of amides is 4. The topological polar surface area (TPSA) is 175 Å². The van der Waals surface area contributed by atoms with E-state index in [-0.39, 0.29) is 47.8 Å². The number of ether oxygens (including phenoxy) is 2. The Kier molecular flexibility index (Phi) is 9.99. The molecule has 8 rings (SSSR count). The van der Waals surface area contributed by atoms with E-state index in [1.165, 1.54) is 14.2 Å². The molecule has 4 amide bonds. The third-order valence-electron chi connectivity index (χ3n) is 12.0. The molecule has 2 aromatic heterocycles. The Balaban J connectivity index is 0.940. The summed E-state index contributed by atoms with van der Waals surface area (Å²) in [6.45, 7) is 1.34. The number of hydrogen-bond donors (Lipinski definition) is 4. The van der Waals surface area contributed by atoms with Gasteiger partial charge in [0.1, 0.15) is 11.6 Å². The maximum atomic E-state index is 13.8. The SMILES string of the molecule is COC(=O)N[C@H]1CCC[C@@H]1C(=O)N1CCC[C@H]1c1ncc(-c2ccc(-c3ccc4nc([C@@H]5CCCN5C(=O)[C@H]5CCC[C@@H]5NC(=O)OC)[nH]c4c3)cc2)[nH]1. The maximum Gasteiger partial charge on any atom is 0.407 e. The van der Waals surface area contributed by atoms with Gasteiger partial charge >= 0.3 is 12.2 Å². The first-order valence-corrected chi connectivity index (χ1v) is 19.3. The molecule has 4 aromatic rings. The summed E-state index contributed by atoms with van der Waals surface area (Å²) in [6.07, 6.45) is 9.13. The Morgan fingerprint density at radius 3 is 1.81 bits per heavy atom. The highest BCUT2D eigenvalue weighted by atomic mass is 16.5. The number of nitrogens with one attached hydrogen (secondary N) is 4. The Morgan fingerprint density at radius 2 is 1.22 bits per heavy atom. The molecule has 2 saturated carbocycles. The summed E-state index contributed by atoms with van der Waals surface area (Å²) in [7, 11) is 2.68. The minimum Gasteiger partial charge on any atom is -0.453 e. The number of aromatic nitrogens is 4. The number of alkyl carbamates (subject to hydrolysis) is 2. The van der Waals surface area contributed by atoms with Gasteiger partial charge in [-0.25, -0.2) is 19.6 Å². The summed E-state index contributed by atoms with van der Waals surface area (Å²) in [5.74, 6) is 1.20. The highest BCUT2D eigenvalue weighted by Crippen LogP contribution is 2.38. The van der Waals surface area contributed by atoms with Crippen LogP contribution in [0, 0.1) is 11.8 Å². The molecule has 54 heavy (non-hydrogen) atoms. The average molecular weight is 737 g/mol. The van der Waals surface area contributed by atoms with Crippen molar-refractivity contribution in [2.24, 2.45) is 11.8 Å². The van der Waals surface area contributed by atoms with Gasteiger partial charge in [0.2, 0.25) is 11.8 Å². The van der Waals surface area contributed by atoms with Gasteiger partial charge in [0, 0.05) is 25.2 Å². The Labute approximate surface area is 313 Å². The highest BCUT2D eigenvalue weighted by molar-refractivity contribution is 5.84. The van der Waals surface area contributed by atoms with E-state index in [0.717, 1.165) is 109 Å². The molecule has 2 aromatic carbocycles. The molecule has 4 aliphatic rings. The average Bonchev–Trinajstić information content (AvgIpc) is 4.05. The maximum absolute atomic E-state index is 13.8. The van der Waals surface area contributed by atoms with E-state index in [1.54, 1.807) is 0 Å². The number of hydrogen-bond acceptors (Lipinski definition) is 8. The number of carbonyl (C=O) groups excluding carboxylic acids is 4. The molecule has 14 nitrogen and oxygen atoms in total. The lowest BCUT2D eigenvalue weighted by Crippen LogP contribution is -2.45. The summed E-state index contributed by atoms with van der Waals surface area (Å²) in [5.41, 5.74) is 5.74. The minimum absolute atomic E-state index is 0.0707. The van der Waals surface area contributed by atoms with Gasteiger partial charge in [0.25, 0.3) is 0 Å². The van der Waals surface area contributed by atoms with Crippen LogP contribution in [0.1, 0.15) is 87.9 Å². The second-order valence-electron chi connectivity index (χ2n) is 15.1. The number of carbonyl (C=O) groups is 4. The lowest BCUT2D eigenvalue weighted by molar-refractivity contribution is -0.137. The van der Waals surface area contributed by atoms with Crippen LogP contribution in [0.3, 0.4) is 0 Å². The van der Waals surface area contributed by atoms with Crippen molar-refractivity contribution in [3.63, 3.8) is 0 Å². The van der Waals surface area contributed by atoms with Gasteiger partial charge in [-0.3, -0.25) is 9.59 Å². The molecule has 2 aliphatic heterocycles. The predicted octanol–water partition coefficient (Wildman–Crippen LogP) is 6.00. The van der Waals surface area contributed by atoms with Crippen LogP contribution in [0.5, 0.6) is 0 Å². The Hall–Kier alpha value is -5.40. The number of imidazole rings is 2. The molecular formula is C40H48N8O6. The van der Waals surface area contributed by atoms with E-state index < -0.39 is 12.2 Å². The molecule has 0 spiro atoms. The van der Waals surface area contributed by atoms with Crippen molar-refractivity contribution in [2.45, 2.75) is 88.4 Å². The predicted molar refractivity (Wildman–Crippen MR) is 200 cm³/mol. The van der Waals surface area contributed by atoms with Crippen molar-refractivity contribution in [3.05, 3.63) is 60.3 Å². The van der Waals surface area contributed by atoms with Crippen molar-refractivity contribution >= 4 is 35.0 Å². The first-order chi connectivity index (χ1) is 26.3. The number of aromatic amines is 2. The normalized spacial score (nSPS) is 25.3. The van der Waals surface area contributed by atoms with Crippen molar-refractivity contribution in [2.75, 3.05) is 27.3 Å². The zero-order chi connectivity index (χ0) is 37.3. The number of methoxy groups -OCH3 is 2. The van der Waals surface area contributed by atoms with Crippen molar-refractivity contribution in [1.82, 2.24) is 40.4 Å². The fraction of sp³-hybridized carbons (Fsp3) is 0.500. The van der Waals surface area contributed by atoms with Crippen LogP contribution in [-0.4, -0.2) is 93.1 Å². The van der Waals surface area contributed by atoms with Crippen LogP contribution in [0.25, 0.3) is 33.4 Å².